The molecule has 5 nitrogen and oxygen atoms in total. The molecule has 0 radical (unpaired) electrons. The van der Waals surface area contributed by atoms with Crippen molar-refractivity contribution in [2.45, 2.75) is 12.1 Å². The summed E-state index contributed by atoms with van der Waals surface area (Å²) in [6.07, 6.45) is 1.80. The van der Waals surface area contributed by atoms with Crippen molar-refractivity contribution in [2.24, 2.45) is 0 Å². The molecule has 6 rings (SSSR count). The third kappa shape index (κ3) is 4.34. The number of rotatable bonds is 6. The number of thiocarbonyl (C=S) groups is 1. The fourth-order valence-electron chi connectivity index (χ4n) is 4.49. The molecule has 0 aliphatic carbocycles. The standard InChI is InChI=1S/C30H23N3O2S/c36-30-32-28(25-13-7-8-20-31-25)29(27-19-18-26(35-27)21-9-3-1-4-10-21)33(30)22-14-16-24(17-15-22)34-23-11-5-2-6-12-23/h1-20,28-29H,(H,32,36)/t28-,29+/m1/s1. The van der Waals surface area contributed by atoms with Crippen molar-refractivity contribution < 1.29 is 9.15 Å². The Morgan fingerprint density at radius 3 is 2.17 bits per heavy atom. The van der Waals surface area contributed by atoms with E-state index in [0.29, 0.717) is 5.11 Å². The van der Waals surface area contributed by atoms with Gasteiger partial charge in [-0.05, 0) is 72.9 Å². The second-order valence-electron chi connectivity index (χ2n) is 8.47. The minimum atomic E-state index is -0.217. The molecule has 2 atom stereocenters. The Balaban J connectivity index is 1.36. The zero-order valence-corrected chi connectivity index (χ0v) is 20.1. The van der Waals surface area contributed by atoms with E-state index in [1.165, 1.54) is 0 Å². The van der Waals surface area contributed by atoms with Gasteiger partial charge >= 0.3 is 0 Å². The lowest BCUT2D eigenvalue weighted by molar-refractivity contribution is 0.439. The van der Waals surface area contributed by atoms with E-state index in [1.54, 1.807) is 6.20 Å². The van der Waals surface area contributed by atoms with Crippen molar-refractivity contribution in [3.05, 3.63) is 133 Å². The summed E-state index contributed by atoms with van der Waals surface area (Å²) in [5.41, 5.74) is 2.86. The summed E-state index contributed by atoms with van der Waals surface area (Å²) in [4.78, 5) is 6.71. The third-order valence-corrected chi connectivity index (χ3v) is 6.48. The molecule has 1 fully saturated rings. The molecule has 1 aliphatic heterocycles. The molecular weight excluding hydrogens is 466 g/mol. The van der Waals surface area contributed by atoms with Crippen LogP contribution in [0.25, 0.3) is 11.3 Å². The number of aromatic nitrogens is 1. The van der Waals surface area contributed by atoms with Crippen molar-refractivity contribution in [1.82, 2.24) is 10.3 Å². The summed E-state index contributed by atoms with van der Waals surface area (Å²) in [7, 11) is 0. The average Bonchev–Trinajstić information content (AvgIpc) is 3.56. The van der Waals surface area contributed by atoms with E-state index in [2.05, 4.69) is 15.2 Å². The molecule has 2 aromatic heterocycles. The Morgan fingerprint density at radius 1 is 0.750 bits per heavy atom. The molecule has 0 unspecified atom stereocenters. The highest BCUT2D eigenvalue weighted by Crippen LogP contribution is 2.43. The molecule has 3 heterocycles. The van der Waals surface area contributed by atoms with E-state index in [-0.39, 0.29) is 12.1 Å². The van der Waals surface area contributed by atoms with Gasteiger partial charge in [-0.1, -0.05) is 54.6 Å². The van der Waals surface area contributed by atoms with Crippen LogP contribution in [0.2, 0.25) is 0 Å². The van der Waals surface area contributed by atoms with Gasteiger partial charge in [0, 0.05) is 17.4 Å². The lowest BCUT2D eigenvalue weighted by Gasteiger charge is -2.26. The van der Waals surface area contributed by atoms with Crippen molar-refractivity contribution >= 4 is 23.0 Å². The van der Waals surface area contributed by atoms with Gasteiger partial charge in [0.1, 0.15) is 29.1 Å². The second-order valence-corrected chi connectivity index (χ2v) is 8.86. The molecule has 3 aromatic carbocycles. The van der Waals surface area contributed by atoms with Crippen molar-refractivity contribution in [2.75, 3.05) is 4.90 Å². The highest BCUT2D eigenvalue weighted by molar-refractivity contribution is 7.80. The second kappa shape index (κ2) is 9.68. The lowest BCUT2D eigenvalue weighted by atomic mass is 10.0. The number of para-hydroxylation sites is 1. The van der Waals surface area contributed by atoms with E-state index in [4.69, 9.17) is 21.4 Å². The van der Waals surface area contributed by atoms with Crippen LogP contribution in [0, 0.1) is 0 Å². The maximum absolute atomic E-state index is 6.41. The van der Waals surface area contributed by atoms with Crippen LogP contribution >= 0.6 is 12.2 Å². The predicted molar refractivity (Wildman–Crippen MR) is 145 cm³/mol. The number of nitrogens with one attached hydrogen (secondary N) is 1. The number of anilines is 1. The van der Waals surface area contributed by atoms with Crippen LogP contribution in [0.4, 0.5) is 5.69 Å². The molecule has 0 bridgehead atoms. The summed E-state index contributed by atoms with van der Waals surface area (Å²) in [6, 6.07) is 37.3. The number of nitrogens with zero attached hydrogens (tertiary/aromatic N) is 2. The molecule has 1 saturated heterocycles. The first kappa shape index (κ1) is 22.1. The molecule has 0 amide bonds. The van der Waals surface area contributed by atoms with Gasteiger partial charge in [0.25, 0.3) is 0 Å². The largest absolute Gasteiger partial charge is 0.459 e. The normalized spacial score (nSPS) is 17.1. The molecule has 5 aromatic rings. The van der Waals surface area contributed by atoms with Gasteiger partial charge in [0.15, 0.2) is 5.11 Å². The van der Waals surface area contributed by atoms with E-state index >= 15 is 0 Å². The number of pyridine rings is 1. The minimum absolute atomic E-state index is 0.172. The number of hydrogen-bond acceptors (Lipinski definition) is 4. The smallest absolute Gasteiger partial charge is 0.174 e. The van der Waals surface area contributed by atoms with E-state index < -0.39 is 0 Å². The highest BCUT2D eigenvalue weighted by Gasteiger charge is 2.42. The Labute approximate surface area is 215 Å². The van der Waals surface area contributed by atoms with E-state index in [9.17, 15) is 0 Å². The van der Waals surface area contributed by atoms with Crippen LogP contribution < -0.4 is 15.0 Å². The minimum Gasteiger partial charge on any atom is -0.459 e. The zero-order chi connectivity index (χ0) is 24.3. The summed E-state index contributed by atoms with van der Waals surface area (Å²) < 4.78 is 12.4. The Kier molecular flexibility index (Phi) is 5.93. The molecule has 36 heavy (non-hydrogen) atoms. The molecule has 6 heteroatoms. The predicted octanol–water partition coefficient (Wildman–Crippen LogP) is 7.31. The Hall–Kier alpha value is -4.42. The SMILES string of the molecule is S=C1N[C@H](c2ccccn2)[C@H](c2ccc(-c3ccccc3)o2)N1c1ccc(Oc2ccccc2)cc1. The van der Waals surface area contributed by atoms with Crippen LogP contribution in [0.3, 0.4) is 0 Å². The van der Waals surface area contributed by atoms with Gasteiger partial charge < -0.3 is 19.4 Å². The van der Waals surface area contributed by atoms with Crippen molar-refractivity contribution in [1.29, 1.82) is 0 Å². The van der Waals surface area contributed by atoms with Gasteiger partial charge in [-0.25, -0.2) is 0 Å². The van der Waals surface area contributed by atoms with E-state index in [1.807, 2.05) is 115 Å². The van der Waals surface area contributed by atoms with Gasteiger partial charge in [-0.3, -0.25) is 4.98 Å². The van der Waals surface area contributed by atoms with Gasteiger partial charge in [0.05, 0.1) is 11.7 Å². The molecular formula is C30H23N3O2S. The highest BCUT2D eigenvalue weighted by atomic mass is 32.1. The number of ether oxygens (including phenoxy) is 1. The van der Waals surface area contributed by atoms with Gasteiger partial charge in [-0.15, -0.1) is 0 Å². The van der Waals surface area contributed by atoms with Crippen LogP contribution in [0.15, 0.2) is 126 Å². The van der Waals surface area contributed by atoms with Crippen LogP contribution in [0.1, 0.15) is 23.5 Å². The monoisotopic (exact) mass is 489 g/mol. The van der Waals surface area contributed by atoms with Crippen LogP contribution in [-0.2, 0) is 0 Å². The summed E-state index contributed by atoms with van der Waals surface area (Å²) in [6.45, 7) is 0. The van der Waals surface area contributed by atoms with Crippen molar-refractivity contribution in [3.8, 4) is 22.8 Å². The van der Waals surface area contributed by atoms with E-state index in [0.717, 1.165) is 40.0 Å². The maximum Gasteiger partial charge on any atom is 0.174 e. The molecule has 1 N–H and O–H groups in total. The summed E-state index contributed by atoms with van der Waals surface area (Å²) in [5.74, 6) is 3.17. The number of furan rings is 1. The molecule has 1 aliphatic rings. The average molecular weight is 490 g/mol. The topological polar surface area (TPSA) is 50.5 Å². The number of benzene rings is 3. The molecule has 0 saturated carbocycles. The lowest BCUT2D eigenvalue weighted by Crippen LogP contribution is -2.29. The van der Waals surface area contributed by atoms with Gasteiger partial charge in [-0.2, -0.15) is 0 Å². The number of hydrogen-bond donors (Lipinski definition) is 1. The third-order valence-electron chi connectivity index (χ3n) is 6.17. The fraction of sp³-hybridized carbons (Fsp3) is 0.0667. The molecule has 176 valence electrons. The Bertz CT molecular complexity index is 1450. The Morgan fingerprint density at radius 2 is 1.44 bits per heavy atom. The quantitative estimate of drug-likeness (QED) is 0.252. The molecule has 0 spiro atoms. The first-order chi connectivity index (χ1) is 17.8. The van der Waals surface area contributed by atoms with Gasteiger partial charge in [0.2, 0.25) is 0 Å². The summed E-state index contributed by atoms with van der Waals surface area (Å²) in [5, 5.41) is 4.09. The van der Waals surface area contributed by atoms with Crippen molar-refractivity contribution in [3.63, 3.8) is 0 Å². The maximum atomic E-state index is 6.41. The first-order valence-electron chi connectivity index (χ1n) is 11.7. The zero-order valence-electron chi connectivity index (χ0n) is 19.3. The summed E-state index contributed by atoms with van der Waals surface area (Å²) >= 11 is 5.83. The fourth-order valence-corrected chi connectivity index (χ4v) is 4.84. The first-order valence-corrected chi connectivity index (χ1v) is 12.2. The van der Waals surface area contributed by atoms with Crippen LogP contribution in [0.5, 0.6) is 11.5 Å². The van der Waals surface area contributed by atoms with Crippen LogP contribution in [-0.4, -0.2) is 10.1 Å².